The van der Waals surface area contributed by atoms with Crippen LogP contribution in [0, 0.1) is 0 Å². The third-order valence-corrected chi connectivity index (χ3v) is 2.55. The van der Waals surface area contributed by atoms with Gasteiger partial charge in [0, 0.05) is 13.1 Å². The monoisotopic (exact) mass is 216 g/mol. The number of hydroxylamine groups is 1. The third-order valence-electron chi connectivity index (χ3n) is 2.55. The van der Waals surface area contributed by atoms with Gasteiger partial charge in [-0.25, -0.2) is 15.1 Å². The predicted molar refractivity (Wildman–Crippen MR) is 52.1 cm³/mol. The molecule has 0 saturated heterocycles. The summed E-state index contributed by atoms with van der Waals surface area (Å²) in [4.78, 5) is 27.6. The number of carboxylic acid groups (broad SMARTS) is 1. The molecule has 15 heavy (non-hydrogen) atoms. The molecule has 0 unspecified atom stereocenters. The number of carbonyl (C=O) groups excluding carboxylic acids is 1. The fourth-order valence-corrected chi connectivity index (χ4v) is 1.69. The lowest BCUT2D eigenvalue weighted by Crippen LogP contribution is -2.43. The molecule has 86 valence electrons. The van der Waals surface area contributed by atoms with Crippen LogP contribution in [0.2, 0.25) is 0 Å². The van der Waals surface area contributed by atoms with E-state index in [-0.39, 0.29) is 12.1 Å². The standard InChI is InChI=1S/C9H16N2O4/c1-11(7-4-2-3-5-7)9(14)10-15-6-8(12)13/h7H,2-6H2,1H3,(H,10,14)(H,12,13). The number of urea groups is 1. The maximum Gasteiger partial charge on any atom is 0.341 e. The first kappa shape index (κ1) is 11.8. The number of nitrogens with zero attached hydrogens (tertiary/aromatic N) is 1. The second-order valence-electron chi connectivity index (χ2n) is 3.64. The average molecular weight is 216 g/mol. The van der Waals surface area contributed by atoms with E-state index in [0.29, 0.717) is 0 Å². The molecule has 1 rings (SSSR count). The number of hydrogen-bond acceptors (Lipinski definition) is 3. The number of hydrogen-bond donors (Lipinski definition) is 2. The number of carbonyl (C=O) groups is 2. The quantitative estimate of drug-likeness (QED) is 0.674. The van der Waals surface area contributed by atoms with Gasteiger partial charge in [-0.2, -0.15) is 0 Å². The molecule has 0 atom stereocenters. The molecule has 2 N–H and O–H groups in total. The summed E-state index contributed by atoms with van der Waals surface area (Å²) in [6.07, 6.45) is 4.28. The third kappa shape index (κ3) is 3.75. The Bertz CT molecular complexity index is 238. The van der Waals surface area contributed by atoms with E-state index in [1.54, 1.807) is 11.9 Å². The van der Waals surface area contributed by atoms with E-state index in [4.69, 9.17) is 5.11 Å². The van der Waals surface area contributed by atoms with E-state index in [1.807, 2.05) is 0 Å². The highest BCUT2D eigenvalue weighted by atomic mass is 16.7. The van der Waals surface area contributed by atoms with Crippen LogP contribution < -0.4 is 5.48 Å². The fraction of sp³-hybridized carbons (Fsp3) is 0.778. The molecule has 6 nitrogen and oxygen atoms in total. The van der Waals surface area contributed by atoms with E-state index >= 15 is 0 Å². The molecule has 0 bridgehead atoms. The molecule has 0 aromatic heterocycles. The molecule has 0 aliphatic heterocycles. The van der Waals surface area contributed by atoms with Gasteiger partial charge in [-0.1, -0.05) is 12.8 Å². The molecule has 6 heteroatoms. The highest BCUT2D eigenvalue weighted by Gasteiger charge is 2.23. The summed E-state index contributed by atoms with van der Waals surface area (Å²) in [5.41, 5.74) is 2.10. The first-order valence-electron chi connectivity index (χ1n) is 4.97. The highest BCUT2D eigenvalue weighted by molar-refractivity contribution is 5.73. The largest absolute Gasteiger partial charge is 0.479 e. The molecule has 1 saturated carbocycles. The Morgan fingerprint density at radius 2 is 2.07 bits per heavy atom. The van der Waals surface area contributed by atoms with Crippen LogP contribution >= 0.6 is 0 Å². The first-order chi connectivity index (χ1) is 7.11. The Hall–Kier alpha value is -1.30. The SMILES string of the molecule is CN(C(=O)NOCC(=O)O)C1CCCC1. The van der Waals surface area contributed by atoms with Gasteiger partial charge in [0.1, 0.15) is 0 Å². The van der Waals surface area contributed by atoms with Gasteiger partial charge in [-0.15, -0.1) is 0 Å². The predicted octanol–water partition coefficient (Wildman–Crippen LogP) is 0.587. The Balaban J connectivity index is 2.23. The molecule has 0 spiro atoms. The second-order valence-corrected chi connectivity index (χ2v) is 3.64. The number of nitrogens with one attached hydrogen (secondary N) is 1. The zero-order valence-corrected chi connectivity index (χ0v) is 8.73. The van der Waals surface area contributed by atoms with E-state index in [1.165, 1.54) is 0 Å². The van der Waals surface area contributed by atoms with Gasteiger partial charge < -0.3 is 10.0 Å². The topological polar surface area (TPSA) is 78.9 Å². The lowest BCUT2D eigenvalue weighted by Gasteiger charge is -2.23. The van der Waals surface area contributed by atoms with Crippen molar-refractivity contribution in [3.63, 3.8) is 0 Å². The van der Waals surface area contributed by atoms with Crippen LogP contribution in [0.3, 0.4) is 0 Å². The summed E-state index contributed by atoms with van der Waals surface area (Å²) in [6.45, 7) is -0.524. The maximum atomic E-state index is 11.4. The molecule has 0 aromatic rings. The maximum absolute atomic E-state index is 11.4. The van der Waals surface area contributed by atoms with Crippen molar-refractivity contribution < 1.29 is 19.5 Å². The van der Waals surface area contributed by atoms with E-state index in [9.17, 15) is 9.59 Å². The van der Waals surface area contributed by atoms with Gasteiger partial charge in [0.15, 0.2) is 6.61 Å². The summed E-state index contributed by atoms with van der Waals surface area (Å²) in [6, 6.07) is -0.137. The lowest BCUT2D eigenvalue weighted by atomic mass is 10.2. The average Bonchev–Trinajstić information content (AvgIpc) is 2.68. The van der Waals surface area contributed by atoms with Crippen LogP contribution in [0.5, 0.6) is 0 Å². The van der Waals surface area contributed by atoms with Crippen LogP contribution in [0.1, 0.15) is 25.7 Å². The minimum absolute atomic E-state index is 0.249. The zero-order valence-electron chi connectivity index (χ0n) is 8.73. The first-order valence-corrected chi connectivity index (χ1v) is 4.97. The van der Waals surface area contributed by atoms with E-state index < -0.39 is 12.6 Å². The normalized spacial score (nSPS) is 16.3. The van der Waals surface area contributed by atoms with Crippen molar-refractivity contribution in [2.24, 2.45) is 0 Å². The Morgan fingerprint density at radius 3 is 2.60 bits per heavy atom. The molecule has 2 amide bonds. The number of amides is 2. The smallest absolute Gasteiger partial charge is 0.341 e. The van der Waals surface area contributed by atoms with Gasteiger partial charge >= 0.3 is 12.0 Å². The molecule has 0 radical (unpaired) electrons. The van der Waals surface area contributed by atoms with Crippen molar-refractivity contribution in [1.82, 2.24) is 10.4 Å². The van der Waals surface area contributed by atoms with Crippen LogP contribution in [0.15, 0.2) is 0 Å². The molecule has 1 aliphatic rings. The Morgan fingerprint density at radius 1 is 1.47 bits per heavy atom. The van der Waals surface area contributed by atoms with Gasteiger partial charge in [0.25, 0.3) is 0 Å². The highest BCUT2D eigenvalue weighted by Crippen LogP contribution is 2.22. The lowest BCUT2D eigenvalue weighted by molar-refractivity contribution is -0.144. The van der Waals surface area contributed by atoms with Crippen molar-refractivity contribution in [2.45, 2.75) is 31.7 Å². The molecule has 1 aliphatic carbocycles. The fourth-order valence-electron chi connectivity index (χ4n) is 1.69. The van der Waals surface area contributed by atoms with E-state index in [2.05, 4.69) is 10.3 Å². The van der Waals surface area contributed by atoms with Gasteiger partial charge in [0.2, 0.25) is 0 Å². The van der Waals surface area contributed by atoms with Crippen molar-refractivity contribution in [1.29, 1.82) is 0 Å². The van der Waals surface area contributed by atoms with Crippen LogP contribution in [-0.2, 0) is 9.63 Å². The van der Waals surface area contributed by atoms with Gasteiger partial charge in [-0.3, -0.25) is 4.84 Å². The van der Waals surface area contributed by atoms with Crippen molar-refractivity contribution >= 4 is 12.0 Å². The molecular formula is C9H16N2O4. The van der Waals surface area contributed by atoms with E-state index in [0.717, 1.165) is 25.7 Å². The molecule has 0 heterocycles. The van der Waals surface area contributed by atoms with Gasteiger partial charge in [0.05, 0.1) is 0 Å². The molecule has 1 fully saturated rings. The minimum atomic E-state index is -1.11. The van der Waals surface area contributed by atoms with Crippen LogP contribution in [-0.4, -0.2) is 41.7 Å². The number of carboxylic acids is 1. The van der Waals surface area contributed by atoms with Crippen LogP contribution in [0.4, 0.5) is 4.79 Å². The van der Waals surface area contributed by atoms with Crippen LogP contribution in [0.25, 0.3) is 0 Å². The minimum Gasteiger partial charge on any atom is -0.479 e. The Labute approximate surface area is 88.1 Å². The molecular weight excluding hydrogens is 200 g/mol. The summed E-state index contributed by atoms with van der Waals surface area (Å²) < 4.78 is 0. The van der Waals surface area contributed by atoms with Crippen molar-refractivity contribution in [2.75, 3.05) is 13.7 Å². The molecule has 0 aromatic carbocycles. The zero-order chi connectivity index (χ0) is 11.3. The number of aliphatic carboxylic acids is 1. The summed E-state index contributed by atoms with van der Waals surface area (Å²) >= 11 is 0. The summed E-state index contributed by atoms with van der Waals surface area (Å²) in [5.74, 6) is -1.11. The summed E-state index contributed by atoms with van der Waals surface area (Å²) in [5, 5.41) is 8.29. The van der Waals surface area contributed by atoms with Crippen molar-refractivity contribution in [3.8, 4) is 0 Å². The van der Waals surface area contributed by atoms with Gasteiger partial charge in [-0.05, 0) is 12.8 Å². The summed E-state index contributed by atoms with van der Waals surface area (Å²) in [7, 11) is 1.69. The Kier molecular flexibility index (Phi) is 4.36. The number of rotatable bonds is 4. The second kappa shape index (κ2) is 5.55. The van der Waals surface area contributed by atoms with Crippen molar-refractivity contribution in [3.05, 3.63) is 0 Å².